The number of ether oxygens (including phenoxy) is 1. The first kappa shape index (κ1) is 18.4. The molecule has 3 fully saturated rings. The Morgan fingerprint density at radius 2 is 1.67 bits per heavy atom. The average molecular weight is 338 g/mol. The van der Waals surface area contributed by atoms with Crippen LogP contribution in [0.15, 0.2) is 12.7 Å². The molecule has 3 N–H and O–H groups in total. The van der Waals surface area contributed by atoms with Crippen LogP contribution in [0.25, 0.3) is 0 Å². The monoisotopic (exact) mass is 338 g/mol. The van der Waals surface area contributed by atoms with Crippen LogP contribution in [0.5, 0.6) is 0 Å². The predicted molar refractivity (Wildman–Crippen MR) is 93.4 cm³/mol. The first-order valence-electron chi connectivity index (χ1n) is 9.30. The van der Waals surface area contributed by atoms with Gasteiger partial charge in [-0.25, -0.2) is 0 Å². The third kappa shape index (κ3) is 2.19. The second-order valence-corrected chi connectivity index (χ2v) is 9.74. The van der Waals surface area contributed by atoms with Gasteiger partial charge in [0.15, 0.2) is 0 Å². The van der Waals surface area contributed by atoms with Gasteiger partial charge in [-0.2, -0.15) is 0 Å². The summed E-state index contributed by atoms with van der Waals surface area (Å²) < 4.78 is 6.31. The van der Waals surface area contributed by atoms with Crippen molar-refractivity contribution in [3.05, 3.63) is 12.7 Å². The van der Waals surface area contributed by atoms with Gasteiger partial charge < -0.3 is 20.1 Å². The molecule has 2 saturated carbocycles. The average Bonchev–Trinajstić information content (AvgIpc) is 2.47. The molecular formula is C20H34O4. The quantitative estimate of drug-likeness (QED) is 0.643. The van der Waals surface area contributed by atoms with Gasteiger partial charge in [-0.05, 0) is 55.8 Å². The minimum Gasteiger partial charge on any atom is -0.390 e. The Kier molecular flexibility index (Phi) is 4.05. The van der Waals surface area contributed by atoms with Gasteiger partial charge in [-0.15, -0.1) is 6.58 Å². The smallest absolute Gasteiger partial charge is 0.110 e. The van der Waals surface area contributed by atoms with E-state index in [2.05, 4.69) is 27.4 Å². The highest BCUT2D eigenvalue weighted by Gasteiger charge is 2.69. The molecule has 8 atom stereocenters. The molecule has 138 valence electrons. The molecule has 3 aliphatic rings. The van der Waals surface area contributed by atoms with E-state index in [1.54, 1.807) is 6.08 Å². The molecule has 3 rings (SSSR count). The zero-order valence-corrected chi connectivity index (χ0v) is 15.7. The molecule has 0 aromatic heterocycles. The largest absolute Gasteiger partial charge is 0.390 e. The van der Waals surface area contributed by atoms with Crippen LogP contribution in [0, 0.1) is 22.7 Å². The maximum absolute atomic E-state index is 11.1. The van der Waals surface area contributed by atoms with E-state index >= 15 is 0 Å². The first-order chi connectivity index (χ1) is 10.9. The van der Waals surface area contributed by atoms with Crippen molar-refractivity contribution in [3.63, 3.8) is 0 Å². The van der Waals surface area contributed by atoms with Crippen molar-refractivity contribution in [1.82, 2.24) is 0 Å². The van der Waals surface area contributed by atoms with Crippen LogP contribution in [0.3, 0.4) is 0 Å². The molecule has 2 aliphatic carbocycles. The van der Waals surface area contributed by atoms with Crippen molar-refractivity contribution in [2.24, 2.45) is 22.7 Å². The summed E-state index contributed by atoms with van der Waals surface area (Å²) >= 11 is 0. The number of rotatable bonds is 1. The Labute approximate surface area is 145 Å². The standard InChI is InChI=1S/C20H34O4/c1-7-19(5)13(21)11-12-18(4)10-8-9-17(2,3)15(18)14(22)16(23)20(12,6)24-19/h7,12-16,21-23H,1,8-11H2,2-6H3/t12-,13-,14-,15+,16+,18-,19-,20+/m1/s1. The van der Waals surface area contributed by atoms with Gasteiger partial charge in [0.05, 0.1) is 17.8 Å². The van der Waals surface area contributed by atoms with Gasteiger partial charge in [0.2, 0.25) is 0 Å². The zero-order valence-electron chi connectivity index (χ0n) is 15.7. The van der Waals surface area contributed by atoms with Gasteiger partial charge >= 0.3 is 0 Å². The lowest BCUT2D eigenvalue weighted by Crippen LogP contribution is -2.74. The van der Waals surface area contributed by atoms with Crippen LogP contribution in [0.1, 0.15) is 60.3 Å². The molecule has 0 aromatic carbocycles. The number of aliphatic hydroxyl groups is 3. The fourth-order valence-corrected chi connectivity index (χ4v) is 6.57. The second kappa shape index (κ2) is 5.29. The molecule has 4 heteroatoms. The molecule has 0 amide bonds. The van der Waals surface area contributed by atoms with Crippen molar-refractivity contribution < 1.29 is 20.1 Å². The van der Waals surface area contributed by atoms with Gasteiger partial charge in [0, 0.05) is 0 Å². The van der Waals surface area contributed by atoms with E-state index in [0.29, 0.717) is 6.42 Å². The molecule has 0 unspecified atom stereocenters. The van der Waals surface area contributed by atoms with Crippen LogP contribution >= 0.6 is 0 Å². The summed E-state index contributed by atoms with van der Waals surface area (Å²) in [6.45, 7) is 14.1. The second-order valence-electron chi connectivity index (χ2n) is 9.74. The zero-order chi connectivity index (χ0) is 18.1. The maximum Gasteiger partial charge on any atom is 0.110 e. The summed E-state index contributed by atoms with van der Waals surface area (Å²) in [5.41, 5.74) is -2.00. The highest BCUT2D eigenvalue weighted by molar-refractivity contribution is 5.19. The molecule has 1 heterocycles. The van der Waals surface area contributed by atoms with Gasteiger partial charge in [0.1, 0.15) is 11.7 Å². The molecule has 4 nitrogen and oxygen atoms in total. The third-order valence-corrected chi connectivity index (χ3v) is 7.79. The van der Waals surface area contributed by atoms with Crippen LogP contribution in [0.2, 0.25) is 0 Å². The molecule has 0 radical (unpaired) electrons. The summed E-state index contributed by atoms with van der Waals surface area (Å²) in [6, 6.07) is 0. The van der Waals surface area contributed by atoms with Crippen LogP contribution in [-0.4, -0.2) is 44.8 Å². The third-order valence-electron chi connectivity index (χ3n) is 7.79. The van der Waals surface area contributed by atoms with Gasteiger partial charge in [-0.3, -0.25) is 0 Å². The first-order valence-corrected chi connectivity index (χ1v) is 9.30. The SMILES string of the molecule is C=C[C@@]1(C)O[C@@]2(C)[C@H](C[C@H]1O)[C@@]1(C)CCCC(C)(C)[C@@H]1[C@@H](O)[C@@H]2O. The summed E-state index contributed by atoms with van der Waals surface area (Å²) in [5, 5.41) is 32.8. The Balaban J connectivity index is 2.10. The normalized spacial score (nSPS) is 56.9. The lowest BCUT2D eigenvalue weighted by atomic mass is 9.42. The molecular weight excluding hydrogens is 304 g/mol. The fourth-order valence-electron chi connectivity index (χ4n) is 6.57. The highest BCUT2D eigenvalue weighted by Crippen LogP contribution is 2.65. The Morgan fingerprint density at radius 1 is 1.04 bits per heavy atom. The van der Waals surface area contributed by atoms with Crippen molar-refractivity contribution in [1.29, 1.82) is 0 Å². The number of hydrogen-bond donors (Lipinski definition) is 3. The van der Waals surface area contributed by atoms with Crippen molar-refractivity contribution in [2.75, 3.05) is 0 Å². The highest BCUT2D eigenvalue weighted by atomic mass is 16.6. The van der Waals surface area contributed by atoms with Crippen molar-refractivity contribution in [2.45, 2.75) is 89.8 Å². The summed E-state index contributed by atoms with van der Waals surface area (Å²) in [7, 11) is 0. The number of fused-ring (bicyclic) bond motifs is 3. The molecule has 1 saturated heterocycles. The van der Waals surface area contributed by atoms with Gasteiger partial charge in [0.25, 0.3) is 0 Å². The van der Waals surface area contributed by atoms with E-state index in [9.17, 15) is 15.3 Å². The number of aliphatic hydroxyl groups excluding tert-OH is 3. The topological polar surface area (TPSA) is 69.9 Å². The van der Waals surface area contributed by atoms with Gasteiger partial charge in [-0.1, -0.05) is 33.3 Å². The lowest BCUT2D eigenvalue weighted by molar-refractivity contribution is -0.336. The Bertz CT molecular complexity index is 532. The van der Waals surface area contributed by atoms with E-state index in [0.717, 1.165) is 19.3 Å². The minimum absolute atomic E-state index is 0.00370. The van der Waals surface area contributed by atoms with Crippen molar-refractivity contribution in [3.8, 4) is 0 Å². The van der Waals surface area contributed by atoms with Crippen LogP contribution < -0.4 is 0 Å². The summed E-state index contributed by atoms with van der Waals surface area (Å²) in [4.78, 5) is 0. The molecule has 24 heavy (non-hydrogen) atoms. The van der Waals surface area contributed by atoms with Crippen LogP contribution in [-0.2, 0) is 4.74 Å². The lowest BCUT2D eigenvalue weighted by Gasteiger charge is -2.68. The van der Waals surface area contributed by atoms with E-state index in [-0.39, 0.29) is 22.7 Å². The fraction of sp³-hybridized carbons (Fsp3) is 0.900. The Hall–Kier alpha value is -0.420. The summed E-state index contributed by atoms with van der Waals surface area (Å²) in [6.07, 6.45) is 2.88. The predicted octanol–water partition coefficient (Wildman–Crippen LogP) is 2.66. The minimum atomic E-state index is -0.968. The molecule has 0 spiro atoms. The van der Waals surface area contributed by atoms with Crippen molar-refractivity contribution >= 4 is 0 Å². The molecule has 0 aromatic rings. The van der Waals surface area contributed by atoms with Crippen LogP contribution in [0.4, 0.5) is 0 Å². The van der Waals surface area contributed by atoms with E-state index in [4.69, 9.17) is 4.74 Å². The molecule has 1 aliphatic heterocycles. The Morgan fingerprint density at radius 3 is 2.25 bits per heavy atom. The van der Waals surface area contributed by atoms with E-state index in [1.807, 2.05) is 13.8 Å². The van der Waals surface area contributed by atoms with E-state index < -0.39 is 29.5 Å². The summed E-state index contributed by atoms with van der Waals surface area (Å²) in [5.74, 6) is -0.00767. The van der Waals surface area contributed by atoms with E-state index in [1.165, 1.54) is 0 Å². The maximum atomic E-state index is 11.1. The molecule has 0 bridgehead atoms. The number of hydrogen-bond acceptors (Lipinski definition) is 4.